The van der Waals surface area contributed by atoms with E-state index in [-0.39, 0.29) is 11.8 Å². The number of hydrogen-bond donors (Lipinski definition) is 1. The molecule has 1 N–H and O–H groups in total. The molecule has 8 nitrogen and oxygen atoms in total. The van der Waals surface area contributed by atoms with Gasteiger partial charge in [0.05, 0.1) is 24.6 Å². The molecule has 0 spiro atoms. The lowest BCUT2D eigenvalue weighted by Crippen LogP contribution is -2.55. The number of imide groups is 1. The Balaban J connectivity index is 1.82. The van der Waals surface area contributed by atoms with Crippen LogP contribution in [0.1, 0.15) is 24.9 Å². The molecular weight excluding hydrogens is 360 g/mol. The van der Waals surface area contributed by atoms with Gasteiger partial charge >= 0.3 is 5.97 Å². The molecule has 2 aliphatic rings. The number of likely N-dealkylation sites (tertiary alicyclic amines) is 1. The lowest BCUT2D eigenvalue weighted by atomic mass is 9.78. The first-order chi connectivity index (χ1) is 13.4. The highest BCUT2D eigenvalue weighted by Gasteiger charge is 2.67. The van der Waals surface area contributed by atoms with E-state index in [4.69, 9.17) is 4.74 Å². The topological polar surface area (TPSA) is 93.5 Å². The van der Waals surface area contributed by atoms with Gasteiger partial charge in [0.1, 0.15) is 5.54 Å². The van der Waals surface area contributed by atoms with Crippen LogP contribution in [0.15, 0.2) is 42.7 Å². The number of benzene rings is 1. The molecule has 2 saturated heterocycles. The standard InChI is InChI=1S/C20H22N4O4/c1-4-20(19(27)28-3)15-14(17(25)23(2)18(15)26)16(22-20)12-7-5-8-13(11-12)24-10-6-9-21-24/h5-11,14-16,22H,4H2,1-3H3/t14-,15-,16-,20-/m1/s1. The van der Waals surface area contributed by atoms with Gasteiger partial charge in [-0.05, 0) is 30.2 Å². The largest absolute Gasteiger partial charge is 0.468 e. The molecule has 0 bridgehead atoms. The molecule has 4 rings (SSSR count). The predicted octanol–water partition coefficient (Wildman–Crippen LogP) is 1.07. The number of esters is 1. The molecule has 1 aromatic carbocycles. The zero-order chi connectivity index (χ0) is 20.1. The molecule has 146 valence electrons. The molecule has 0 radical (unpaired) electrons. The van der Waals surface area contributed by atoms with Crippen LogP contribution in [-0.2, 0) is 19.1 Å². The van der Waals surface area contributed by atoms with Crippen molar-refractivity contribution in [2.45, 2.75) is 24.9 Å². The van der Waals surface area contributed by atoms with Crippen molar-refractivity contribution in [1.82, 2.24) is 20.0 Å². The quantitative estimate of drug-likeness (QED) is 0.628. The zero-order valence-corrected chi connectivity index (χ0v) is 16.0. The van der Waals surface area contributed by atoms with E-state index in [1.165, 1.54) is 14.2 Å². The van der Waals surface area contributed by atoms with Gasteiger partial charge < -0.3 is 4.74 Å². The molecule has 2 amide bonds. The summed E-state index contributed by atoms with van der Waals surface area (Å²) in [6, 6.07) is 8.93. The van der Waals surface area contributed by atoms with E-state index in [0.717, 1.165) is 16.2 Å². The molecule has 8 heteroatoms. The highest BCUT2D eigenvalue weighted by Crippen LogP contribution is 2.50. The molecule has 0 saturated carbocycles. The monoisotopic (exact) mass is 382 g/mol. The highest BCUT2D eigenvalue weighted by atomic mass is 16.5. The summed E-state index contributed by atoms with van der Waals surface area (Å²) in [5.74, 6) is -2.60. The summed E-state index contributed by atoms with van der Waals surface area (Å²) < 4.78 is 6.74. The van der Waals surface area contributed by atoms with E-state index in [1.807, 2.05) is 43.5 Å². The number of carbonyl (C=O) groups is 3. The Hall–Kier alpha value is -3.00. The summed E-state index contributed by atoms with van der Waals surface area (Å²) in [6.45, 7) is 1.82. The van der Waals surface area contributed by atoms with Crippen LogP contribution in [0.25, 0.3) is 5.69 Å². The van der Waals surface area contributed by atoms with E-state index in [2.05, 4.69) is 10.4 Å². The first kappa shape index (κ1) is 18.4. The van der Waals surface area contributed by atoms with E-state index in [1.54, 1.807) is 10.9 Å². The van der Waals surface area contributed by atoms with Crippen LogP contribution in [0.3, 0.4) is 0 Å². The smallest absolute Gasteiger partial charge is 0.326 e. The van der Waals surface area contributed by atoms with Crippen molar-refractivity contribution in [3.05, 3.63) is 48.3 Å². The third-order valence-electron chi connectivity index (χ3n) is 5.98. The van der Waals surface area contributed by atoms with Crippen molar-refractivity contribution in [3.8, 4) is 5.69 Å². The predicted molar refractivity (Wildman–Crippen MR) is 99.2 cm³/mol. The number of nitrogens with zero attached hydrogens (tertiary/aromatic N) is 3. The van der Waals surface area contributed by atoms with Gasteiger partial charge in [-0.1, -0.05) is 19.1 Å². The van der Waals surface area contributed by atoms with Gasteiger partial charge in [-0.3, -0.25) is 24.6 Å². The van der Waals surface area contributed by atoms with Gasteiger partial charge in [-0.25, -0.2) is 4.68 Å². The number of rotatable bonds is 4. The van der Waals surface area contributed by atoms with Crippen molar-refractivity contribution in [2.24, 2.45) is 11.8 Å². The minimum absolute atomic E-state index is 0.281. The van der Waals surface area contributed by atoms with Crippen LogP contribution in [-0.4, -0.2) is 52.2 Å². The van der Waals surface area contributed by atoms with Gasteiger partial charge in [0.15, 0.2) is 0 Å². The Bertz CT molecular complexity index is 941. The fraction of sp³-hybridized carbons (Fsp3) is 0.400. The van der Waals surface area contributed by atoms with Crippen LogP contribution < -0.4 is 5.32 Å². The Labute approximate surface area is 162 Å². The third kappa shape index (κ3) is 2.41. The summed E-state index contributed by atoms with van der Waals surface area (Å²) >= 11 is 0. The maximum atomic E-state index is 12.9. The van der Waals surface area contributed by atoms with Crippen LogP contribution >= 0.6 is 0 Å². The second kappa shape index (κ2) is 6.56. The summed E-state index contributed by atoms with van der Waals surface area (Å²) in [4.78, 5) is 39.6. The van der Waals surface area contributed by atoms with E-state index >= 15 is 0 Å². The number of carbonyl (C=O) groups excluding carboxylic acids is 3. The summed E-state index contributed by atoms with van der Waals surface area (Å²) in [5.41, 5.74) is 0.417. The minimum Gasteiger partial charge on any atom is -0.468 e. The molecule has 0 unspecified atom stereocenters. The number of fused-ring (bicyclic) bond motifs is 1. The maximum absolute atomic E-state index is 12.9. The van der Waals surface area contributed by atoms with E-state index in [9.17, 15) is 14.4 Å². The molecule has 2 aromatic rings. The zero-order valence-electron chi connectivity index (χ0n) is 16.0. The molecule has 28 heavy (non-hydrogen) atoms. The minimum atomic E-state index is -1.23. The van der Waals surface area contributed by atoms with Crippen molar-refractivity contribution in [3.63, 3.8) is 0 Å². The molecule has 4 atom stereocenters. The van der Waals surface area contributed by atoms with Crippen LogP contribution in [0.4, 0.5) is 0 Å². The van der Waals surface area contributed by atoms with Crippen molar-refractivity contribution in [2.75, 3.05) is 14.2 Å². The van der Waals surface area contributed by atoms with Gasteiger partial charge in [-0.15, -0.1) is 0 Å². The second-order valence-electron chi connectivity index (χ2n) is 7.22. The fourth-order valence-electron chi connectivity index (χ4n) is 4.55. The number of methoxy groups -OCH3 is 1. The van der Waals surface area contributed by atoms with Crippen molar-refractivity contribution >= 4 is 17.8 Å². The fourth-order valence-corrected chi connectivity index (χ4v) is 4.55. The molecule has 1 aromatic heterocycles. The first-order valence-corrected chi connectivity index (χ1v) is 9.22. The Morgan fingerprint density at radius 1 is 1.29 bits per heavy atom. The molecule has 2 aliphatic heterocycles. The van der Waals surface area contributed by atoms with Crippen molar-refractivity contribution in [1.29, 1.82) is 0 Å². The molecule has 3 heterocycles. The third-order valence-corrected chi connectivity index (χ3v) is 5.98. The van der Waals surface area contributed by atoms with E-state index < -0.39 is 29.4 Å². The molecule has 2 fully saturated rings. The van der Waals surface area contributed by atoms with Gasteiger partial charge in [-0.2, -0.15) is 5.10 Å². The molecular formula is C20H22N4O4. The maximum Gasteiger partial charge on any atom is 0.326 e. The number of nitrogens with one attached hydrogen (secondary N) is 1. The first-order valence-electron chi connectivity index (χ1n) is 9.22. The summed E-state index contributed by atoms with van der Waals surface area (Å²) in [6.07, 6.45) is 3.85. The average molecular weight is 382 g/mol. The summed E-state index contributed by atoms with van der Waals surface area (Å²) in [5, 5.41) is 7.54. The van der Waals surface area contributed by atoms with E-state index in [0.29, 0.717) is 6.42 Å². The summed E-state index contributed by atoms with van der Waals surface area (Å²) in [7, 11) is 2.77. The Kier molecular flexibility index (Phi) is 4.30. The van der Waals surface area contributed by atoms with Gasteiger partial charge in [0.2, 0.25) is 11.8 Å². The number of amides is 2. The van der Waals surface area contributed by atoms with Crippen LogP contribution in [0.2, 0.25) is 0 Å². The van der Waals surface area contributed by atoms with Gasteiger partial charge in [0, 0.05) is 25.5 Å². The van der Waals surface area contributed by atoms with Crippen molar-refractivity contribution < 1.29 is 19.1 Å². The lowest BCUT2D eigenvalue weighted by Gasteiger charge is -2.30. The number of hydrogen-bond acceptors (Lipinski definition) is 6. The Morgan fingerprint density at radius 2 is 2.07 bits per heavy atom. The van der Waals surface area contributed by atoms with Gasteiger partial charge in [0.25, 0.3) is 0 Å². The SMILES string of the molecule is CC[C@@]1(C(=O)OC)N[C@H](c2cccc(-n3cccn3)c2)[C@@H]2C(=O)N(C)C(=O)[C@@H]21. The normalized spacial score (nSPS) is 29.2. The lowest BCUT2D eigenvalue weighted by molar-refractivity contribution is -0.154. The van der Waals surface area contributed by atoms with Crippen LogP contribution in [0.5, 0.6) is 0 Å². The Morgan fingerprint density at radius 3 is 2.71 bits per heavy atom. The highest BCUT2D eigenvalue weighted by molar-refractivity contribution is 6.09. The second-order valence-corrected chi connectivity index (χ2v) is 7.22. The number of aromatic nitrogens is 2. The molecule has 0 aliphatic carbocycles. The number of ether oxygens (including phenoxy) is 1. The average Bonchev–Trinajstić information content (AvgIpc) is 3.42. The van der Waals surface area contributed by atoms with Crippen LogP contribution in [0, 0.1) is 11.8 Å².